The van der Waals surface area contributed by atoms with Gasteiger partial charge < -0.3 is 0 Å². The second-order valence-electron chi connectivity index (χ2n) is 4.95. The number of rotatable bonds is 4. The lowest BCUT2D eigenvalue weighted by atomic mass is 10.1. The number of sulfonamides is 1. The van der Waals surface area contributed by atoms with Crippen LogP contribution in [0.3, 0.4) is 0 Å². The zero-order valence-corrected chi connectivity index (χ0v) is 11.3. The number of hydrogen-bond acceptors (Lipinski definition) is 4. The highest BCUT2D eigenvalue weighted by molar-refractivity contribution is 7.89. The topological polar surface area (TPSA) is 89.3 Å². The molecule has 0 radical (unpaired) electrons. The third-order valence-corrected chi connectivity index (χ3v) is 3.95. The summed E-state index contributed by atoms with van der Waals surface area (Å²) < 4.78 is 26.4. The van der Waals surface area contributed by atoms with Crippen molar-refractivity contribution < 1.29 is 13.3 Å². The van der Waals surface area contributed by atoms with Gasteiger partial charge in [0.15, 0.2) is 0 Å². The van der Waals surface area contributed by atoms with Gasteiger partial charge in [-0.2, -0.15) is 0 Å². The lowest BCUT2D eigenvalue weighted by Crippen LogP contribution is -2.44. The molecule has 1 N–H and O–H groups in total. The van der Waals surface area contributed by atoms with E-state index in [2.05, 4.69) is 4.72 Å². The summed E-state index contributed by atoms with van der Waals surface area (Å²) >= 11 is 0. The van der Waals surface area contributed by atoms with Crippen molar-refractivity contribution in [3.05, 3.63) is 46.0 Å². The predicted octanol–water partition coefficient (Wildman–Crippen LogP) is 1.68. The molecule has 18 heavy (non-hydrogen) atoms. The van der Waals surface area contributed by atoms with Gasteiger partial charge in [0, 0.05) is 16.0 Å². The van der Waals surface area contributed by atoms with Gasteiger partial charge in [0.1, 0.15) is 0 Å². The minimum absolute atomic E-state index is 0.138. The van der Waals surface area contributed by atoms with Crippen LogP contribution in [0.15, 0.2) is 30.3 Å². The summed E-state index contributed by atoms with van der Waals surface area (Å²) in [4.78, 5) is 10.2. The summed E-state index contributed by atoms with van der Waals surface area (Å²) in [6, 6.07) is 7.66. The van der Waals surface area contributed by atoms with Crippen LogP contribution in [0.25, 0.3) is 0 Å². The third-order valence-electron chi connectivity index (χ3n) is 2.02. The molecule has 0 bridgehead atoms. The molecule has 1 aromatic carbocycles. The first kappa shape index (κ1) is 14.6. The van der Waals surface area contributed by atoms with Gasteiger partial charge in [-0.05, 0) is 20.8 Å². The highest BCUT2D eigenvalue weighted by atomic mass is 32.2. The number of benzene rings is 1. The molecule has 0 spiro atoms. The molecule has 0 fully saturated rings. The average molecular weight is 272 g/mol. The van der Waals surface area contributed by atoms with E-state index in [1.54, 1.807) is 39.0 Å². The molecule has 1 rings (SSSR count). The fraction of sp³-hybridized carbons (Fsp3) is 0.455. The van der Waals surface area contributed by atoms with Crippen molar-refractivity contribution in [1.82, 2.24) is 4.72 Å². The molecular formula is C11H16N2O4S. The van der Waals surface area contributed by atoms with Gasteiger partial charge in [-0.1, -0.05) is 30.3 Å². The first-order chi connectivity index (χ1) is 8.13. The van der Waals surface area contributed by atoms with Crippen molar-refractivity contribution in [3.8, 4) is 0 Å². The fourth-order valence-corrected chi connectivity index (χ4v) is 3.22. The lowest BCUT2D eigenvalue weighted by Gasteiger charge is -2.21. The Morgan fingerprint density at radius 3 is 2.11 bits per heavy atom. The van der Waals surface area contributed by atoms with Crippen LogP contribution < -0.4 is 4.72 Å². The smallest absolute Gasteiger partial charge is 0.263 e. The highest BCUT2D eigenvalue weighted by Gasteiger charge is 2.39. The maximum Gasteiger partial charge on any atom is 0.348 e. The molecule has 7 heteroatoms. The maximum atomic E-state index is 12.0. The Hall–Kier alpha value is -1.47. The zero-order chi connectivity index (χ0) is 14.0. The van der Waals surface area contributed by atoms with Gasteiger partial charge in [0.2, 0.25) is 0 Å². The van der Waals surface area contributed by atoms with Gasteiger partial charge >= 0.3 is 5.37 Å². The van der Waals surface area contributed by atoms with Crippen molar-refractivity contribution >= 4 is 10.0 Å². The van der Waals surface area contributed by atoms with E-state index >= 15 is 0 Å². The van der Waals surface area contributed by atoms with Crippen LogP contribution in [0, 0.1) is 10.1 Å². The number of nitrogens with one attached hydrogen (secondary N) is 1. The fourth-order valence-electron chi connectivity index (χ4n) is 1.51. The molecule has 0 aliphatic heterocycles. The summed E-state index contributed by atoms with van der Waals surface area (Å²) in [7, 11) is -4.08. The Labute approximate surface area is 106 Å². The van der Waals surface area contributed by atoms with E-state index in [0.29, 0.717) is 0 Å². The molecular weight excluding hydrogens is 256 g/mol. The molecule has 0 aromatic heterocycles. The zero-order valence-electron chi connectivity index (χ0n) is 10.5. The molecule has 0 aliphatic rings. The van der Waals surface area contributed by atoms with Crippen LogP contribution in [0.4, 0.5) is 0 Å². The number of nitro groups is 1. The molecule has 1 atom stereocenters. The molecule has 0 amide bonds. The number of nitrogens with zero attached hydrogens (tertiary/aromatic N) is 1. The number of hydrogen-bond donors (Lipinski definition) is 1. The van der Waals surface area contributed by atoms with Crippen LogP contribution in [0.1, 0.15) is 31.7 Å². The molecule has 6 nitrogen and oxygen atoms in total. The van der Waals surface area contributed by atoms with E-state index in [0.717, 1.165) is 0 Å². The average Bonchev–Trinajstić information content (AvgIpc) is 2.13. The van der Waals surface area contributed by atoms with Crippen LogP contribution in [0.5, 0.6) is 0 Å². The summed E-state index contributed by atoms with van der Waals surface area (Å²) in [6.45, 7) is 4.89. The largest absolute Gasteiger partial charge is 0.348 e. The van der Waals surface area contributed by atoms with Gasteiger partial charge in [-0.15, -0.1) is 0 Å². The van der Waals surface area contributed by atoms with Gasteiger partial charge in [-0.25, -0.2) is 13.1 Å². The van der Waals surface area contributed by atoms with E-state index < -0.39 is 25.9 Å². The van der Waals surface area contributed by atoms with Crippen molar-refractivity contribution in [1.29, 1.82) is 0 Å². The second-order valence-corrected chi connectivity index (χ2v) is 6.69. The van der Waals surface area contributed by atoms with Crippen LogP contribution in [0.2, 0.25) is 0 Å². The molecule has 0 heterocycles. The monoisotopic (exact) mass is 272 g/mol. The Kier molecular flexibility index (Phi) is 4.08. The van der Waals surface area contributed by atoms with Crippen molar-refractivity contribution in [3.63, 3.8) is 0 Å². The molecule has 1 unspecified atom stereocenters. The van der Waals surface area contributed by atoms with Crippen LogP contribution >= 0.6 is 0 Å². The predicted molar refractivity (Wildman–Crippen MR) is 68.0 cm³/mol. The standard InChI is InChI=1S/C11H16N2O4S/c1-11(2,3)12-18(16,17)10(13(14)15)9-7-5-4-6-8-9/h4-8,10,12H,1-3H3. The van der Waals surface area contributed by atoms with Crippen LogP contribution in [-0.4, -0.2) is 18.9 Å². The third kappa shape index (κ3) is 3.78. The summed E-state index contributed by atoms with van der Waals surface area (Å²) in [6.07, 6.45) is 0. The molecule has 0 saturated carbocycles. The van der Waals surface area contributed by atoms with Crippen LogP contribution in [-0.2, 0) is 10.0 Å². The molecule has 1 aromatic rings. The van der Waals surface area contributed by atoms with Crippen molar-refractivity contribution in [2.45, 2.75) is 31.7 Å². The summed E-state index contributed by atoms with van der Waals surface area (Å²) in [5, 5.41) is 9.23. The van der Waals surface area contributed by atoms with Gasteiger partial charge in [-0.3, -0.25) is 10.1 Å². The molecule has 0 saturated heterocycles. The molecule has 0 aliphatic carbocycles. The lowest BCUT2D eigenvalue weighted by molar-refractivity contribution is -0.503. The second kappa shape index (κ2) is 5.03. The maximum absolute atomic E-state index is 12.0. The Morgan fingerprint density at radius 2 is 1.72 bits per heavy atom. The van der Waals surface area contributed by atoms with E-state index in [-0.39, 0.29) is 5.56 Å². The molecule has 100 valence electrons. The van der Waals surface area contributed by atoms with Crippen molar-refractivity contribution in [2.24, 2.45) is 0 Å². The summed E-state index contributed by atoms with van der Waals surface area (Å²) in [5.41, 5.74) is -0.624. The Balaban J connectivity index is 3.19. The first-order valence-electron chi connectivity index (χ1n) is 5.35. The van der Waals surface area contributed by atoms with Gasteiger partial charge in [0.25, 0.3) is 10.0 Å². The van der Waals surface area contributed by atoms with E-state index in [9.17, 15) is 18.5 Å². The normalized spacial score (nSPS) is 14.2. The van der Waals surface area contributed by atoms with E-state index in [4.69, 9.17) is 0 Å². The summed E-state index contributed by atoms with van der Waals surface area (Å²) in [5.74, 6) is 0. The van der Waals surface area contributed by atoms with E-state index in [1.165, 1.54) is 12.1 Å². The van der Waals surface area contributed by atoms with E-state index in [1.807, 2.05) is 0 Å². The Morgan fingerprint density at radius 1 is 1.22 bits per heavy atom. The van der Waals surface area contributed by atoms with Crippen molar-refractivity contribution in [2.75, 3.05) is 0 Å². The first-order valence-corrected chi connectivity index (χ1v) is 6.89. The quantitative estimate of drug-likeness (QED) is 0.667. The van der Waals surface area contributed by atoms with Gasteiger partial charge in [0.05, 0.1) is 0 Å². The SMILES string of the molecule is CC(C)(C)NS(=O)(=O)C(c1ccccc1)[N+](=O)[O-]. The minimum Gasteiger partial charge on any atom is -0.263 e. The highest BCUT2D eigenvalue weighted by Crippen LogP contribution is 2.23. The minimum atomic E-state index is -4.08. The Bertz CT molecular complexity index is 520.